The zero-order valence-corrected chi connectivity index (χ0v) is 31.9. The van der Waals surface area contributed by atoms with Crippen molar-refractivity contribution in [2.45, 2.75) is 95.7 Å². The molecule has 49 heavy (non-hydrogen) atoms. The van der Waals surface area contributed by atoms with E-state index in [1.54, 1.807) is 10.6 Å². The van der Waals surface area contributed by atoms with E-state index < -0.39 is 46.1 Å². The van der Waals surface area contributed by atoms with Crippen molar-refractivity contribution in [2.75, 3.05) is 51.0 Å². The molecule has 9 nitrogen and oxygen atoms in total. The molecule has 0 unspecified atom stereocenters. The third-order valence-corrected chi connectivity index (χ3v) is 16.4. The van der Waals surface area contributed by atoms with Crippen LogP contribution in [0.25, 0.3) is 22.3 Å². The molecule has 1 aromatic carbocycles. The van der Waals surface area contributed by atoms with E-state index in [1.807, 2.05) is 4.90 Å². The summed E-state index contributed by atoms with van der Waals surface area (Å²) in [5.74, 6) is -2.38. The first kappa shape index (κ1) is 36.3. The molecule has 0 saturated carbocycles. The maximum absolute atomic E-state index is 16.5. The molecule has 3 fully saturated rings. The fraction of sp³-hybridized carbons (Fsp3) is 0.629. The molecule has 0 N–H and O–H groups in total. The summed E-state index contributed by atoms with van der Waals surface area (Å²) < 4.78 is 85.8. The highest BCUT2D eigenvalue weighted by Crippen LogP contribution is 2.42. The second-order valence-electron chi connectivity index (χ2n) is 16.0. The summed E-state index contributed by atoms with van der Waals surface area (Å²) in [5, 5.41) is 0.0155. The van der Waals surface area contributed by atoms with Gasteiger partial charge in [-0.15, -0.1) is 0 Å². The van der Waals surface area contributed by atoms with E-state index in [9.17, 15) is 0 Å². The molecule has 5 heterocycles. The average Bonchev–Trinajstić information content (AvgIpc) is 3.68. The Morgan fingerprint density at radius 2 is 1.55 bits per heavy atom. The largest absolute Gasteiger partial charge is 0.468 e. The standard InChI is InChI=1S/C35H50F3N3O6Si2/c1-35(2,3)49(7,8)47-28-20-45-32-27(19-44-33(28)32)46-34-30(38)31-26(41(34)21-43-15-16-48(4,5)6)10-9-25(39-31)29-23(36)17-22(18-24(29)37)40-11-13-42-14-12-40/h9-10,17-18,27-28,32-33H,11-16,19-21H2,1-8H3/t27-,28-,32-,33-/m1/s1. The van der Waals surface area contributed by atoms with Crippen LogP contribution in [0.2, 0.25) is 43.8 Å². The second-order valence-corrected chi connectivity index (χ2v) is 26.4. The number of anilines is 1. The summed E-state index contributed by atoms with van der Waals surface area (Å²) in [7, 11) is -3.48. The second kappa shape index (κ2) is 13.9. The molecule has 0 amide bonds. The van der Waals surface area contributed by atoms with Crippen LogP contribution in [0.4, 0.5) is 18.9 Å². The number of morpholine rings is 1. The number of benzene rings is 1. The molecule has 0 spiro atoms. The Morgan fingerprint density at radius 1 is 0.918 bits per heavy atom. The first-order valence-corrected chi connectivity index (χ1v) is 23.8. The smallest absolute Gasteiger partial charge is 0.235 e. The van der Waals surface area contributed by atoms with Gasteiger partial charge < -0.3 is 33.0 Å². The Hall–Kier alpha value is -2.47. The van der Waals surface area contributed by atoms with Gasteiger partial charge in [0, 0.05) is 33.5 Å². The van der Waals surface area contributed by atoms with Gasteiger partial charge in [-0.05, 0) is 48.4 Å². The third-order valence-electron chi connectivity index (χ3n) is 10.2. The molecule has 3 aliphatic heterocycles. The van der Waals surface area contributed by atoms with Crippen LogP contribution in [0, 0.1) is 17.5 Å². The van der Waals surface area contributed by atoms with E-state index in [2.05, 4.69) is 58.5 Å². The van der Waals surface area contributed by atoms with Crippen LogP contribution in [-0.2, 0) is 30.1 Å². The monoisotopic (exact) mass is 721 g/mol. The lowest BCUT2D eigenvalue weighted by atomic mass is 10.1. The Morgan fingerprint density at radius 3 is 2.18 bits per heavy atom. The molecule has 14 heteroatoms. The highest BCUT2D eigenvalue weighted by Gasteiger charge is 2.52. The van der Waals surface area contributed by atoms with Crippen molar-refractivity contribution < 1.29 is 41.3 Å². The van der Waals surface area contributed by atoms with Gasteiger partial charge in [0.15, 0.2) is 14.4 Å². The van der Waals surface area contributed by atoms with Crippen LogP contribution in [-0.4, -0.2) is 96.5 Å². The Labute approximate surface area is 289 Å². The Kier molecular flexibility index (Phi) is 10.3. The molecular formula is C35H50F3N3O6Si2. The minimum absolute atomic E-state index is 0.0118. The molecule has 4 atom stereocenters. The van der Waals surface area contributed by atoms with Crippen molar-refractivity contribution >= 4 is 33.1 Å². The van der Waals surface area contributed by atoms with Gasteiger partial charge in [0.2, 0.25) is 11.7 Å². The normalized spacial score (nSPS) is 23.4. The Bertz CT molecular complexity index is 1630. The number of nitrogens with zero attached hydrogens (tertiary/aromatic N) is 3. The van der Waals surface area contributed by atoms with Crippen LogP contribution in [0.1, 0.15) is 20.8 Å². The lowest BCUT2D eigenvalue weighted by molar-refractivity contribution is 0.00724. The highest BCUT2D eigenvalue weighted by molar-refractivity contribution is 6.76. The molecule has 0 aliphatic carbocycles. The number of hydrogen-bond donors (Lipinski definition) is 0. The van der Waals surface area contributed by atoms with Crippen molar-refractivity contribution in [3.05, 3.63) is 41.7 Å². The van der Waals surface area contributed by atoms with Gasteiger partial charge in [-0.25, -0.2) is 13.8 Å². The average molecular weight is 722 g/mol. The van der Waals surface area contributed by atoms with E-state index in [4.69, 9.17) is 28.1 Å². The van der Waals surface area contributed by atoms with Crippen LogP contribution in [0.5, 0.6) is 5.88 Å². The minimum Gasteiger partial charge on any atom is -0.468 e. The zero-order valence-electron chi connectivity index (χ0n) is 29.9. The van der Waals surface area contributed by atoms with Gasteiger partial charge in [0.25, 0.3) is 0 Å². The lowest BCUT2D eigenvalue weighted by Crippen LogP contribution is -2.47. The van der Waals surface area contributed by atoms with E-state index in [0.29, 0.717) is 50.7 Å². The maximum atomic E-state index is 16.5. The van der Waals surface area contributed by atoms with Gasteiger partial charge in [0.05, 0.1) is 49.3 Å². The molecule has 270 valence electrons. The third kappa shape index (κ3) is 7.60. The van der Waals surface area contributed by atoms with E-state index >= 15 is 13.2 Å². The number of ether oxygens (including phenoxy) is 5. The summed E-state index contributed by atoms with van der Waals surface area (Å²) in [6.45, 7) is 20.8. The van der Waals surface area contributed by atoms with Crippen LogP contribution in [0.3, 0.4) is 0 Å². The minimum atomic E-state index is -2.10. The quantitative estimate of drug-likeness (QED) is 0.152. The fourth-order valence-electron chi connectivity index (χ4n) is 6.22. The first-order valence-electron chi connectivity index (χ1n) is 17.2. The molecule has 3 saturated heterocycles. The number of rotatable bonds is 11. The fourth-order valence-corrected chi connectivity index (χ4v) is 8.28. The van der Waals surface area contributed by atoms with Gasteiger partial charge in [-0.1, -0.05) is 40.4 Å². The SMILES string of the molecule is CC(C)(C)[Si](C)(C)O[C@@H]1CO[C@H]2[C@@H]1OC[C@H]2Oc1c(F)c2nc(-c3c(F)cc(N4CCOCC4)cc3F)ccc2n1COCC[Si](C)(C)C. The molecule has 6 rings (SSSR count). The molecule has 3 aromatic rings. The summed E-state index contributed by atoms with van der Waals surface area (Å²) in [4.78, 5) is 6.33. The number of pyridine rings is 1. The van der Waals surface area contributed by atoms with E-state index in [0.717, 1.165) is 6.04 Å². The Balaban J connectivity index is 1.29. The van der Waals surface area contributed by atoms with Gasteiger partial charge in [-0.2, -0.15) is 4.39 Å². The predicted molar refractivity (Wildman–Crippen MR) is 188 cm³/mol. The zero-order chi connectivity index (χ0) is 35.3. The van der Waals surface area contributed by atoms with Crippen LogP contribution in [0.15, 0.2) is 24.3 Å². The number of hydrogen-bond acceptors (Lipinski definition) is 8. The topological polar surface area (TPSA) is 76.4 Å². The van der Waals surface area contributed by atoms with Crippen molar-refractivity contribution in [2.24, 2.45) is 0 Å². The van der Waals surface area contributed by atoms with E-state index in [1.165, 1.54) is 18.2 Å². The van der Waals surface area contributed by atoms with Gasteiger partial charge >= 0.3 is 0 Å². The molecule has 2 aromatic heterocycles. The molecule has 0 bridgehead atoms. The van der Waals surface area contributed by atoms with Crippen LogP contribution < -0.4 is 9.64 Å². The predicted octanol–water partition coefficient (Wildman–Crippen LogP) is 7.20. The van der Waals surface area contributed by atoms with E-state index in [-0.39, 0.29) is 53.2 Å². The van der Waals surface area contributed by atoms with Crippen molar-refractivity contribution in [3.63, 3.8) is 0 Å². The maximum Gasteiger partial charge on any atom is 0.235 e. The summed E-state index contributed by atoms with van der Waals surface area (Å²) >= 11 is 0. The van der Waals surface area contributed by atoms with Crippen molar-refractivity contribution in [1.82, 2.24) is 9.55 Å². The number of aromatic nitrogens is 2. The summed E-state index contributed by atoms with van der Waals surface area (Å²) in [5.41, 5.74) is 0.400. The van der Waals surface area contributed by atoms with Gasteiger partial charge in [0.1, 0.15) is 36.1 Å². The molecule has 3 aliphatic rings. The van der Waals surface area contributed by atoms with Gasteiger partial charge in [-0.3, -0.25) is 4.57 Å². The van der Waals surface area contributed by atoms with Crippen molar-refractivity contribution in [3.8, 4) is 17.1 Å². The van der Waals surface area contributed by atoms with Crippen molar-refractivity contribution in [1.29, 1.82) is 0 Å². The van der Waals surface area contributed by atoms with Crippen LogP contribution >= 0.6 is 0 Å². The summed E-state index contributed by atoms with van der Waals surface area (Å²) in [6, 6.07) is 6.61. The highest BCUT2D eigenvalue weighted by atomic mass is 28.4. The first-order chi connectivity index (χ1) is 23.0. The molecule has 0 radical (unpaired) electrons. The number of fused-ring (bicyclic) bond motifs is 2. The lowest BCUT2D eigenvalue weighted by Gasteiger charge is -2.39. The summed E-state index contributed by atoms with van der Waals surface area (Å²) in [6.07, 6.45) is -1.65. The molecular weight excluding hydrogens is 672 g/mol. The number of halogens is 3.